The molecule has 20 heavy (non-hydrogen) atoms. The molecule has 1 fully saturated rings. The number of pyridine rings is 1. The van der Waals surface area contributed by atoms with Crippen LogP contribution in [-0.2, 0) is 0 Å². The molecule has 3 heterocycles. The quantitative estimate of drug-likeness (QED) is 0.878. The lowest BCUT2D eigenvalue weighted by Gasteiger charge is -2.33. The van der Waals surface area contributed by atoms with Crippen LogP contribution in [0.4, 0.5) is 0 Å². The predicted molar refractivity (Wildman–Crippen MR) is 76.5 cm³/mol. The van der Waals surface area contributed by atoms with Crippen LogP contribution in [0.5, 0.6) is 0 Å². The number of likely N-dealkylation sites (tertiary alicyclic amines) is 1. The fourth-order valence-electron chi connectivity index (χ4n) is 2.97. The SMILES string of the molecule is CC(C)(O)C1CCCN1C(=O)c1cc2cccnc2[nH]1. The molecule has 1 aliphatic heterocycles. The lowest BCUT2D eigenvalue weighted by atomic mass is 9.96. The largest absolute Gasteiger partial charge is 0.388 e. The Morgan fingerprint density at radius 2 is 2.35 bits per heavy atom. The molecule has 1 aliphatic rings. The number of carbonyl (C=O) groups excluding carboxylic acids is 1. The molecule has 0 radical (unpaired) electrons. The van der Waals surface area contributed by atoms with Crippen molar-refractivity contribution >= 4 is 16.9 Å². The zero-order valence-electron chi connectivity index (χ0n) is 11.8. The van der Waals surface area contributed by atoms with Crippen LogP contribution >= 0.6 is 0 Å². The molecule has 2 aromatic rings. The average molecular weight is 273 g/mol. The summed E-state index contributed by atoms with van der Waals surface area (Å²) < 4.78 is 0. The van der Waals surface area contributed by atoms with Crippen molar-refractivity contribution in [2.75, 3.05) is 6.54 Å². The zero-order valence-corrected chi connectivity index (χ0v) is 11.8. The fourth-order valence-corrected chi connectivity index (χ4v) is 2.97. The van der Waals surface area contributed by atoms with Gasteiger partial charge in [-0.2, -0.15) is 0 Å². The minimum absolute atomic E-state index is 0.0624. The first-order valence-corrected chi connectivity index (χ1v) is 6.94. The second-order valence-electron chi connectivity index (χ2n) is 5.93. The first-order chi connectivity index (χ1) is 9.47. The van der Waals surface area contributed by atoms with E-state index in [2.05, 4.69) is 9.97 Å². The van der Waals surface area contributed by atoms with Gasteiger partial charge in [0, 0.05) is 18.1 Å². The Hall–Kier alpha value is -1.88. The number of hydrogen-bond donors (Lipinski definition) is 2. The molecule has 2 aromatic heterocycles. The molecule has 5 nitrogen and oxygen atoms in total. The van der Waals surface area contributed by atoms with Gasteiger partial charge < -0.3 is 15.0 Å². The summed E-state index contributed by atoms with van der Waals surface area (Å²) in [6.07, 6.45) is 3.47. The number of nitrogens with one attached hydrogen (secondary N) is 1. The van der Waals surface area contributed by atoms with E-state index in [1.807, 2.05) is 18.2 Å². The number of aromatic nitrogens is 2. The summed E-state index contributed by atoms with van der Waals surface area (Å²) in [5.41, 5.74) is 0.376. The molecule has 5 heteroatoms. The van der Waals surface area contributed by atoms with Gasteiger partial charge in [0.2, 0.25) is 0 Å². The Morgan fingerprint density at radius 1 is 1.55 bits per heavy atom. The Labute approximate surface area is 117 Å². The van der Waals surface area contributed by atoms with E-state index in [4.69, 9.17) is 0 Å². The number of hydrogen-bond acceptors (Lipinski definition) is 3. The summed E-state index contributed by atoms with van der Waals surface area (Å²) in [6, 6.07) is 5.46. The van der Waals surface area contributed by atoms with Gasteiger partial charge in [0.1, 0.15) is 11.3 Å². The van der Waals surface area contributed by atoms with E-state index in [1.165, 1.54) is 0 Å². The van der Waals surface area contributed by atoms with E-state index in [0.717, 1.165) is 23.9 Å². The third kappa shape index (κ3) is 2.18. The highest BCUT2D eigenvalue weighted by Gasteiger charge is 2.39. The first kappa shape index (κ1) is 13.1. The number of aromatic amines is 1. The lowest BCUT2D eigenvalue weighted by molar-refractivity contribution is 0.000156. The number of nitrogens with zero attached hydrogens (tertiary/aromatic N) is 2. The minimum Gasteiger partial charge on any atom is -0.388 e. The molecule has 0 aromatic carbocycles. The van der Waals surface area contributed by atoms with Gasteiger partial charge >= 0.3 is 0 Å². The summed E-state index contributed by atoms with van der Waals surface area (Å²) in [7, 11) is 0. The smallest absolute Gasteiger partial charge is 0.270 e. The summed E-state index contributed by atoms with van der Waals surface area (Å²) in [4.78, 5) is 21.7. The molecule has 1 atom stereocenters. The second kappa shape index (κ2) is 4.59. The molecule has 2 N–H and O–H groups in total. The average Bonchev–Trinajstić information content (AvgIpc) is 3.03. The highest BCUT2D eigenvalue weighted by Crippen LogP contribution is 2.28. The molecule has 0 spiro atoms. The van der Waals surface area contributed by atoms with Gasteiger partial charge in [-0.15, -0.1) is 0 Å². The number of carbonyl (C=O) groups is 1. The van der Waals surface area contributed by atoms with Crippen molar-refractivity contribution in [3.63, 3.8) is 0 Å². The van der Waals surface area contributed by atoms with E-state index in [1.54, 1.807) is 24.9 Å². The number of fused-ring (bicyclic) bond motifs is 1. The van der Waals surface area contributed by atoms with E-state index < -0.39 is 5.60 Å². The van der Waals surface area contributed by atoms with Gasteiger partial charge in [-0.1, -0.05) is 0 Å². The van der Waals surface area contributed by atoms with Crippen molar-refractivity contribution in [2.24, 2.45) is 0 Å². The maximum atomic E-state index is 12.6. The number of H-pyrrole nitrogens is 1. The van der Waals surface area contributed by atoms with Gasteiger partial charge in [-0.05, 0) is 44.9 Å². The fraction of sp³-hybridized carbons (Fsp3) is 0.467. The Balaban J connectivity index is 1.91. The van der Waals surface area contributed by atoms with E-state index in [-0.39, 0.29) is 11.9 Å². The molecule has 1 amide bonds. The van der Waals surface area contributed by atoms with Gasteiger partial charge in [-0.25, -0.2) is 4.98 Å². The summed E-state index contributed by atoms with van der Waals surface area (Å²) in [5.74, 6) is -0.0624. The van der Waals surface area contributed by atoms with Crippen LogP contribution in [0.3, 0.4) is 0 Å². The predicted octanol–water partition coefficient (Wildman–Crippen LogP) is 1.94. The minimum atomic E-state index is -0.879. The molecule has 0 bridgehead atoms. The molecule has 0 aliphatic carbocycles. The first-order valence-electron chi connectivity index (χ1n) is 6.94. The third-order valence-corrected chi connectivity index (χ3v) is 3.95. The monoisotopic (exact) mass is 273 g/mol. The highest BCUT2D eigenvalue weighted by atomic mass is 16.3. The van der Waals surface area contributed by atoms with Crippen LogP contribution in [0, 0.1) is 0 Å². The van der Waals surface area contributed by atoms with Crippen LogP contribution in [0.15, 0.2) is 24.4 Å². The van der Waals surface area contributed by atoms with Crippen LogP contribution in [0.1, 0.15) is 37.2 Å². The zero-order chi connectivity index (χ0) is 14.3. The van der Waals surface area contributed by atoms with Crippen molar-refractivity contribution in [2.45, 2.75) is 38.3 Å². The lowest BCUT2D eigenvalue weighted by Crippen LogP contribution is -2.48. The third-order valence-electron chi connectivity index (χ3n) is 3.95. The van der Waals surface area contributed by atoms with Crippen LogP contribution < -0.4 is 0 Å². The summed E-state index contributed by atoms with van der Waals surface area (Å²) >= 11 is 0. The van der Waals surface area contributed by atoms with E-state index in [0.29, 0.717) is 12.2 Å². The van der Waals surface area contributed by atoms with Crippen molar-refractivity contribution in [1.29, 1.82) is 0 Å². The van der Waals surface area contributed by atoms with Crippen LogP contribution in [0.2, 0.25) is 0 Å². The number of rotatable bonds is 2. The summed E-state index contributed by atoms with van der Waals surface area (Å²) in [6.45, 7) is 4.21. The van der Waals surface area contributed by atoms with Gasteiger partial charge in [-0.3, -0.25) is 4.79 Å². The van der Waals surface area contributed by atoms with Crippen molar-refractivity contribution in [1.82, 2.24) is 14.9 Å². The van der Waals surface area contributed by atoms with Gasteiger partial charge in [0.05, 0.1) is 11.6 Å². The molecule has 1 saturated heterocycles. The summed E-state index contributed by atoms with van der Waals surface area (Å²) in [5, 5.41) is 11.1. The maximum absolute atomic E-state index is 12.6. The Morgan fingerprint density at radius 3 is 3.05 bits per heavy atom. The highest BCUT2D eigenvalue weighted by molar-refractivity contribution is 5.97. The maximum Gasteiger partial charge on any atom is 0.270 e. The van der Waals surface area contributed by atoms with Gasteiger partial charge in [0.25, 0.3) is 5.91 Å². The van der Waals surface area contributed by atoms with Gasteiger partial charge in [0.15, 0.2) is 0 Å². The molecule has 0 saturated carbocycles. The van der Waals surface area contributed by atoms with Crippen molar-refractivity contribution < 1.29 is 9.90 Å². The molecule has 1 unspecified atom stereocenters. The topological polar surface area (TPSA) is 69.2 Å². The van der Waals surface area contributed by atoms with Crippen LogP contribution in [0.25, 0.3) is 11.0 Å². The van der Waals surface area contributed by atoms with E-state index >= 15 is 0 Å². The molecule has 3 rings (SSSR count). The van der Waals surface area contributed by atoms with Crippen molar-refractivity contribution in [3.8, 4) is 0 Å². The van der Waals surface area contributed by atoms with Crippen LogP contribution in [-0.4, -0.2) is 44.1 Å². The number of aliphatic hydroxyl groups is 1. The Bertz CT molecular complexity index is 609. The number of amides is 1. The second-order valence-corrected chi connectivity index (χ2v) is 5.93. The molecule has 106 valence electrons. The standard InChI is InChI=1S/C15H19N3O2/c1-15(2,20)12-6-4-8-18(12)14(19)11-9-10-5-3-7-16-13(10)17-11/h3,5,7,9,12,20H,4,6,8H2,1-2H3,(H,16,17). The molecular weight excluding hydrogens is 254 g/mol. The van der Waals surface area contributed by atoms with E-state index in [9.17, 15) is 9.90 Å². The normalized spacial score (nSPS) is 19.8. The Kier molecular flexibility index (Phi) is 3.01. The molecular formula is C15H19N3O2. The van der Waals surface area contributed by atoms with Crippen molar-refractivity contribution in [3.05, 3.63) is 30.1 Å².